The number of ketones is 4. The summed E-state index contributed by atoms with van der Waals surface area (Å²) >= 11 is 28.9. The highest BCUT2D eigenvalue weighted by Crippen LogP contribution is 2.28. The third-order valence-electron chi connectivity index (χ3n) is 13.9. The molecule has 94 heavy (non-hydrogen) atoms. The quantitative estimate of drug-likeness (QED) is 0.0336. The summed E-state index contributed by atoms with van der Waals surface area (Å²) in [5.74, 6) is -0.815. The van der Waals surface area contributed by atoms with Crippen LogP contribution in [0.1, 0.15) is 114 Å². The van der Waals surface area contributed by atoms with Gasteiger partial charge in [-0.2, -0.15) is 0 Å². The zero-order chi connectivity index (χ0) is 67.5. The Morgan fingerprint density at radius 1 is 0.404 bits per heavy atom. The van der Waals surface area contributed by atoms with E-state index in [4.69, 9.17) is 78.4 Å². The van der Waals surface area contributed by atoms with Crippen molar-refractivity contribution in [1.82, 2.24) is 4.98 Å². The molecule has 0 aliphatic carbocycles. The van der Waals surface area contributed by atoms with Crippen molar-refractivity contribution in [2.24, 2.45) is 0 Å². The van der Waals surface area contributed by atoms with Gasteiger partial charge in [-0.3, -0.25) is 24.0 Å². The van der Waals surface area contributed by atoms with Crippen LogP contribution in [0.3, 0.4) is 0 Å². The molecule has 0 saturated carbocycles. The van der Waals surface area contributed by atoms with E-state index in [1.807, 2.05) is 97.1 Å². The Balaban J connectivity index is 0.000000176. The van der Waals surface area contributed by atoms with Gasteiger partial charge >= 0.3 is 11.9 Å². The summed E-state index contributed by atoms with van der Waals surface area (Å²) in [6, 6.07) is 73.7. The predicted octanol–water partition coefficient (Wildman–Crippen LogP) is 18.7. The molecule has 10 aromatic carbocycles. The lowest BCUT2D eigenvalue weighted by Gasteiger charge is -2.10. The molecule has 18 heteroatoms. The molecule has 1 atom stereocenters. The van der Waals surface area contributed by atoms with Gasteiger partial charge < -0.3 is 25.5 Å². The molecule has 13 nitrogen and oxygen atoms in total. The fourth-order valence-electron chi connectivity index (χ4n) is 8.89. The Hall–Kier alpha value is -10.1. The number of aliphatic hydroxyl groups excluding tert-OH is 1. The molecule has 5 N–H and O–H groups in total. The van der Waals surface area contributed by atoms with E-state index in [-0.39, 0.29) is 53.5 Å². The first-order valence-corrected chi connectivity index (χ1v) is 30.8. The van der Waals surface area contributed by atoms with Gasteiger partial charge in [-0.05, 0) is 137 Å². The van der Waals surface area contributed by atoms with Gasteiger partial charge in [0.2, 0.25) is 5.89 Å². The lowest BCUT2D eigenvalue weighted by Crippen LogP contribution is -2.06. The normalized spacial score (nSPS) is 10.6. The zero-order valence-electron chi connectivity index (χ0n) is 50.0. The summed E-state index contributed by atoms with van der Waals surface area (Å²) in [7, 11) is 0. The first-order chi connectivity index (χ1) is 45.2. The Labute approximate surface area is 567 Å². The van der Waals surface area contributed by atoms with Gasteiger partial charge in [0, 0.05) is 64.8 Å². The minimum atomic E-state index is -0.982. The third kappa shape index (κ3) is 22.1. The van der Waals surface area contributed by atoms with Crippen molar-refractivity contribution < 1.29 is 53.3 Å². The second kappa shape index (κ2) is 36.2. The van der Waals surface area contributed by atoms with Crippen LogP contribution in [0.2, 0.25) is 20.1 Å². The molecule has 0 amide bonds. The molecule has 11 rings (SSSR count). The summed E-state index contributed by atoms with van der Waals surface area (Å²) in [6.07, 6.45) is 2.42. The molecule has 1 aromatic heterocycles. The molecule has 0 aliphatic heterocycles. The number of Topliss-reactive ketones (excluding diaryl/α,β-unsaturated/α-hetero) is 4. The van der Waals surface area contributed by atoms with Crippen molar-refractivity contribution in [3.05, 3.63) is 342 Å². The highest BCUT2D eigenvalue weighted by Gasteiger charge is 2.17. The van der Waals surface area contributed by atoms with Crippen LogP contribution in [-0.4, -0.2) is 60.6 Å². The average molecular weight is 1350 g/mol. The molecule has 0 spiro atoms. The maximum Gasteiger partial charge on any atom is 0.335 e. The Morgan fingerprint density at radius 3 is 1.14 bits per heavy atom. The second-order valence-electron chi connectivity index (χ2n) is 20.6. The highest BCUT2D eigenvalue weighted by atomic mass is 35.5. The summed E-state index contributed by atoms with van der Waals surface area (Å²) in [5.41, 5.74) is 14.0. The van der Waals surface area contributed by atoms with Crippen LogP contribution in [0.5, 0.6) is 0 Å². The molecule has 1 heterocycles. The van der Waals surface area contributed by atoms with Crippen LogP contribution >= 0.6 is 58.0 Å². The monoisotopic (exact) mass is 1350 g/mol. The van der Waals surface area contributed by atoms with Crippen LogP contribution < -0.4 is 5.73 Å². The van der Waals surface area contributed by atoms with Crippen molar-refractivity contribution in [3.63, 3.8) is 0 Å². The number of benzene rings is 10. The number of nitrogen functional groups attached to an aromatic ring is 1. The van der Waals surface area contributed by atoms with Crippen LogP contribution in [0.4, 0.5) is 5.69 Å². The molecule has 1 unspecified atom stereocenters. The van der Waals surface area contributed by atoms with E-state index in [1.165, 1.54) is 24.3 Å². The van der Waals surface area contributed by atoms with E-state index in [0.717, 1.165) is 39.1 Å². The molecule has 0 radical (unpaired) electrons. The number of carboxylic acid groups (broad SMARTS) is 2. The van der Waals surface area contributed by atoms with Crippen LogP contribution in [-0.2, 0) is 19.3 Å². The molecular weight excluding hydrogens is 1290 g/mol. The smallest absolute Gasteiger partial charge is 0.335 e. The van der Waals surface area contributed by atoms with E-state index in [1.54, 1.807) is 140 Å². The molecule has 474 valence electrons. The largest absolute Gasteiger partial charge is 0.478 e. The molecule has 0 aliphatic rings. The fraction of sp³-hybridized carbons (Fsp3) is 0.0789. The number of carbonyl (C=O) groups excluding carboxylic acids is 5. The van der Waals surface area contributed by atoms with Gasteiger partial charge in [0.15, 0.2) is 28.9 Å². The number of halogens is 5. The Bertz CT molecular complexity index is 4360. The summed E-state index contributed by atoms with van der Waals surface area (Å²) in [4.78, 5) is 85.2. The van der Waals surface area contributed by atoms with Crippen LogP contribution in [0.15, 0.2) is 265 Å². The molecule has 0 bridgehead atoms. The van der Waals surface area contributed by atoms with E-state index in [0.29, 0.717) is 72.3 Å². The summed E-state index contributed by atoms with van der Waals surface area (Å²) in [6.45, 7) is 0. The highest BCUT2D eigenvalue weighted by molar-refractivity contribution is 6.68. The number of aromatic nitrogens is 1. The predicted molar refractivity (Wildman–Crippen MR) is 370 cm³/mol. The van der Waals surface area contributed by atoms with E-state index < -0.39 is 23.3 Å². The number of nitrogens with zero attached hydrogens (tertiary/aromatic N) is 1. The van der Waals surface area contributed by atoms with E-state index in [9.17, 15) is 38.7 Å². The van der Waals surface area contributed by atoms with Crippen LogP contribution in [0, 0.1) is 0 Å². The van der Waals surface area contributed by atoms with Crippen LogP contribution in [0.25, 0.3) is 22.8 Å². The van der Waals surface area contributed by atoms with E-state index >= 15 is 0 Å². The van der Waals surface area contributed by atoms with E-state index in [2.05, 4.69) is 4.98 Å². The number of anilines is 1. The molecule has 11 aromatic rings. The molecule has 0 saturated heterocycles. The van der Waals surface area contributed by atoms with Gasteiger partial charge in [-0.25, -0.2) is 14.6 Å². The minimum Gasteiger partial charge on any atom is -0.478 e. The first-order valence-electron chi connectivity index (χ1n) is 28.9. The maximum absolute atomic E-state index is 12.4. The van der Waals surface area contributed by atoms with Crippen molar-refractivity contribution >= 4 is 104 Å². The van der Waals surface area contributed by atoms with Crippen molar-refractivity contribution in [2.75, 3.05) is 5.73 Å². The number of aromatic carboxylic acids is 2. The summed E-state index contributed by atoms with van der Waals surface area (Å²) in [5, 5.41) is 28.6. The number of carbonyl (C=O) groups is 7. The number of oxazole rings is 1. The number of aliphatic hydroxyl groups is 1. The van der Waals surface area contributed by atoms with Gasteiger partial charge in [0.25, 0.3) is 5.24 Å². The van der Waals surface area contributed by atoms with Crippen molar-refractivity contribution in [3.8, 4) is 22.8 Å². The number of hydrogen-bond donors (Lipinski definition) is 4. The second-order valence-corrected chi connectivity index (χ2v) is 22.6. The SMILES string of the molecule is Nc1ccc(C(=O)O)cc1.O=C(CCC(O)c1ccccc1)c1ccc(CC(=O)c2ccccc2Cl)cc1.O=C(Cc1ccc(-c2ncc(-c3ccccc3)o2)cc1)c1ccccc1Cl.O=C(Cl)c1ccccc1Cl.O=C(O)c1ccc(CC(=O)c2ccccc2Cl)cc1. The standard InChI is InChI=1S/C24H21ClO3.C23H16ClNO2.C15H11ClO3.C7H4Cl2O.C7H7NO2/c25-21-9-5-4-8-20(21)24(28)16-17-10-12-19(13-11-17)23(27)15-14-22(26)18-6-2-1-3-7-18;24-20-9-5-4-8-19(20)21(26)14-16-10-12-18(13-11-16)23-25-15-22(27-23)17-6-2-1-3-7-17;16-13-4-2-1-3-12(13)14(17)9-10-5-7-11(8-6-10)15(18)19;8-6-4-2-1-3-5(6)7(9)10;8-6-3-1-5(2-4-6)7(9)10/h1-13,22,26H,14-16H2;1-13,15H,14H2;1-8H,9H2,(H,18,19);1-4H;1-4H,8H2,(H,9,10). The summed E-state index contributed by atoms with van der Waals surface area (Å²) < 4.78 is 5.87. The van der Waals surface area contributed by atoms with Crippen molar-refractivity contribution in [1.29, 1.82) is 0 Å². The number of carboxylic acids is 2. The van der Waals surface area contributed by atoms with Gasteiger partial charge in [-0.1, -0.05) is 204 Å². The third-order valence-corrected chi connectivity index (χ3v) is 15.5. The van der Waals surface area contributed by atoms with Gasteiger partial charge in [0.05, 0.1) is 49.1 Å². The lowest BCUT2D eigenvalue weighted by molar-refractivity contribution is 0.0686. The number of rotatable bonds is 19. The zero-order valence-corrected chi connectivity index (χ0v) is 53.7. The number of nitrogens with two attached hydrogens (primary N) is 1. The van der Waals surface area contributed by atoms with Gasteiger partial charge in [0.1, 0.15) is 0 Å². The Morgan fingerprint density at radius 2 is 0.755 bits per heavy atom. The minimum absolute atomic E-state index is 0.00385. The van der Waals surface area contributed by atoms with Gasteiger partial charge in [-0.15, -0.1) is 0 Å². The fourth-order valence-corrected chi connectivity index (χ4v) is 10.0. The lowest BCUT2D eigenvalue weighted by atomic mass is 9.98. The molecule has 0 fully saturated rings. The molecular formula is C76H59Cl5N2O11. The van der Waals surface area contributed by atoms with Crippen molar-refractivity contribution in [2.45, 2.75) is 38.2 Å². The Kier molecular flexibility index (Phi) is 27.5. The maximum atomic E-state index is 12.4. The topological polar surface area (TPSA) is 232 Å². The first kappa shape index (κ1) is 71.4. The average Bonchev–Trinajstić information content (AvgIpc) is 1.63. The number of hydrogen-bond acceptors (Lipinski definition) is 11.